The van der Waals surface area contributed by atoms with E-state index in [0.717, 1.165) is 19.4 Å². The molecular formula is C14H28N2OS. The lowest BCUT2D eigenvalue weighted by Gasteiger charge is -2.32. The van der Waals surface area contributed by atoms with Crippen molar-refractivity contribution in [2.75, 3.05) is 12.8 Å². The molecule has 1 heterocycles. The smallest absolute Gasteiger partial charge is 0.241 e. The predicted octanol–water partition coefficient (Wildman–Crippen LogP) is 2.71. The van der Waals surface area contributed by atoms with Crippen LogP contribution < -0.4 is 5.32 Å². The third kappa shape index (κ3) is 3.89. The van der Waals surface area contributed by atoms with Crippen molar-refractivity contribution in [1.82, 2.24) is 10.2 Å². The van der Waals surface area contributed by atoms with Crippen LogP contribution in [0.3, 0.4) is 0 Å². The SMILES string of the molecule is CCC1NC(CC(C)C)C(=O)N1CC(C)(C)SC. The van der Waals surface area contributed by atoms with Gasteiger partial charge in [0.05, 0.1) is 12.2 Å². The molecule has 1 saturated heterocycles. The molecule has 1 N–H and O–H groups in total. The van der Waals surface area contributed by atoms with Gasteiger partial charge >= 0.3 is 0 Å². The zero-order valence-electron chi connectivity index (χ0n) is 12.6. The van der Waals surface area contributed by atoms with Crippen molar-refractivity contribution < 1.29 is 4.79 Å². The fourth-order valence-electron chi connectivity index (χ4n) is 2.39. The van der Waals surface area contributed by atoms with E-state index < -0.39 is 0 Å². The molecule has 0 aromatic carbocycles. The summed E-state index contributed by atoms with van der Waals surface area (Å²) in [5, 5.41) is 3.49. The van der Waals surface area contributed by atoms with E-state index in [1.165, 1.54) is 0 Å². The third-order valence-corrected chi connectivity index (χ3v) is 4.78. The second-order valence-corrected chi connectivity index (χ2v) is 7.72. The number of carbonyl (C=O) groups is 1. The molecule has 1 aliphatic rings. The highest BCUT2D eigenvalue weighted by molar-refractivity contribution is 7.99. The van der Waals surface area contributed by atoms with Crippen LogP contribution in [-0.2, 0) is 4.79 Å². The van der Waals surface area contributed by atoms with Gasteiger partial charge in [0.1, 0.15) is 0 Å². The molecule has 0 radical (unpaired) electrons. The van der Waals surface area contributed by atoms with Crippen LogP contribution in [0.25, 0.3) is 0 Å². The van der Waals surface area contributed by atoms with Crippen molar-refractivity contribution in [1.29, 1.82) is 0 Å². The lowest BCUT2D eigenvalue weighted by molar-refractivity contribution is -0.130. The quantitative estimate of drug-likeness (QED) is 0.807. The number of carbonyl (C=O) groups excluding carboxylic acids is 1. The summed E-state index contributed by atoms with van der Waals surface area (Å²) in [6.45, 7) is 11.7. The Morgan fingerprint density at radius 2 is 2.06 bits per heavy atom. The van der Waals surface area contributed by atoms with Gasteiger partial charge in [-0.1, -0.05) is 20.8 Å². The van der Waals surface area contributed by atoms with Gasteiger partial charge in [0.2, 0.25) is 5.91 Å². The minimum atomic E-state index is 0.0209. The predicted molar refractivity (Wildman–Crippen MR) is 79.8 cm³/mol. The van der Waals surface area contributed by atoms with Crippen molar-refractivity contribution in [2.45, 2.75) is 64.4 Å². The number of thioether (sulfide) groups is 1. The number of rotatable bonds is 6. The minimum absolute atomic E-state index is 0.0209. The Bertz CT molecular complexity index is 292. The summed E-state index contributed by atoms with van der Waals surface area (Å²) >= 11 is 1.82. The van der Waals surface area contributed by atoms with Crippen molar-refractivity contribution in [3.8, 4) is 0 Å². The average molecular weight is 272 g/mol. The van der Waals surface area contributed by atoms with Crippen LogP contribution in [0.2, 0.25) is 0 Å². The van der Waals surface area contributed by atoms with E-state index in [1.807, 2.05) is 16.7 Å². The molecule has 0 spiro atoms. The van der Waals surface area contributed by atoms with Gasteiger partial charge in [-0.3, -0.25) is 10.1 Å². The van der Waals surface area contributed by atoms with Crippen LogP contribution in [0.15, 0.2) is 0 Å². The molecule has 1 aliphatic heterocycles. The van der Waals surface area contributed by atoms with Crippen molar-refractivity contribution in [2.24, 2.45) is 5.92 Å². The zero-order valence-corrected chi connectivity index (χ0v) is 13.4. The first-order chi connectivity index (χ1) is 8.30. The zero-order chi connectivity index (χ0) is 13.9. The van der Waals surface area contributed by atoms with Crippen LogP contribution in [-0.4, -0.2) is 40.6 Å². The Labute approximate surface area is 116 Å². The summed E-state index contributed by atoms with van der Waals surface area (Å²) in [7, 11) is 0. The molecule has 0 bridgehead atoms. The molecule has 2 atom stereocenters. The van der Waals surface area contributed by atoms with Crippen LogP contribution in [0, 0.1) is 5.92 Å². The Morgan fingerprint density at radius 1 is 1.44 bits per heavy atom. The van der Waals surface area contributed by atoms with Gasteiger partial charge in [-0.25, -0.2) is 0 Å². The van der Waals surface area contributed by atoms with Gasteiger partial charge in [0.15, 0.2) is 0 Å². The van der Waals surface area contributed by atoms with Crippen LogP contribution >= 0.6 is 11.8 Å². The summed E-state index contributed by atoms with van der Waals surface area (Å²) in [5.74, 6) is 0.843. The normalized spacial score (nSPS) is 25.3. The number of amides is 1. The van der Waals surface area contributed by atoms with Crippen molar-refractivity contribution in [3.05, 3.63) is 0 Å². The van der Waals surface area contributed by atoms with Gasteiger partial charge in [-0.15, -0.1) is 0 Å². The topological polar surface area (TPSA) is 32.3 Å². The fourth-order valence-corrected chi connectivity index (χ4v) is 2.66. The highest BCUT2D eigenvalue weighted by atomic mass is 32.2. The Kier molecular flexibility index (Phi) is 5.53. The number of nitrogens with zero attached hydrogens (tertiary/aromatic N) is 1. The van der Waals surface area contributed by atoms with Crippen molar-refractivity contribution in [3.63, 3.8) is 0 Å². The van der Waals surface area contributed by atoms with Gasteiger partial charge < -0.3 is 4.90 Å². The molecule has 0 aliphatic carbocycles. The molecule has 3 nitrogen and oxygen atoms in total. The molecule has 2 unspecified atom stereocenters. The molecule has 1 fully saturated rings. The standard InChI is InChI=1S/C14H28N2OS/c1-7-12-15-11(8-10(2)3)13(17)16(12)9-14(4,5)18-6/h10-12,15H,7-9H2,1-6H3. The van der Waals surface area contributed by atoms with E-state index in [9.17, 15) is 4.79 Å². The highest BCUT2D eigenvalue weighted by Crippen LogP contribution is 2.27. The average Bonchev–Trinajstić information content (AvgIpc) is 2.56. The van der Waals surface area contributed by atoms with E-state index in [0.29, 0.717) is 5.92 Å². The summed E-state index contributed by atoms with van der Waals surface area (Å²) in [6.07, 6.45) is 4.24. The lowest BCUT2D eigenvalue weighted by Crippen LogP contribution is -2.44. The largest absolute Gasteiger partial charge is 0.324 e. The minimum Gasteiger partial charge on any atom is -0.324 e. The van der Waals surface area contributed by atoms with Crippen LogP contribution in [0.5, 0.6) is 0 Å². The maximum atomic E-state index is 12.5. The molecule has 4 heteroatoms. The lowest BCUT2D eigenvalue weighted by atomic mass is 10.0. The van der Waals surface area contributed by atoms with E-state index in [-0.39, 0.29) is 22.9 Å². The molecule has 1 amide bonds. The Hall–Kier alpha value is -0.220. The van der Waals surface area contributed by atoms with E-state index in [2.05, 4.69) is 46.2 Å². The van der Waals surface area contributed by atoms with Crippen molar-refractivity contribution >= 4 is 17.7 Å². The monoisotopic (exact) mass is 272 g/mol. The number of nitrogens with one attached hydrogen (secondary N) is 1. The summed E-state index contributed by atoms with van der Waals surface area (Å²) in [6, 6.07) is 0.0209. The van der Waals surface area contributed by atoms with Crippen LogP contribution in [0.1, 0.15) is 47.5 Å². The first kappa shape index (κ1) is 15.8. The molecule has 18 heavy (non-hydrogen) atoms. The molecular weight excluding hydrogens is 244 g/mol. The highest BCUT2D eigenvalue weighted by Gasteiger charge is 2.40. The molecule has 0 saturated carbocycles. The van der Waals surface area contributed by atoms with Gasteiger partial charge in [0, 0.05) is 11.3 Å². The van der Waals surface area contributed by atoms with Gasteiger partial charge in [-0.05, 0) is 38.9 Å². The molecule has 0 aromatic heterocycles. The first-order valence-corrected chi connectivity index (χ1v) is 8.15. The maximum Gasteiger partial charge on any atom is 0.241 e. The number of hydrogen-bond donors (Lipinski definition) is 1. The molecule has 1 rings (SSSR count). The summed E-state index contributed by atoms with van der Waals surface area (Å²) in [5.41, 5.74) is 0. The van der Waals surface area contributed by atoms with Crippen LogP contribution in [0.4, 0.5) is 0 Å². The van der Waals surface area contributed by atoms with E-state index >= 15 is 0 Å². The maximum absolute atomic E-state index is 12.5. The molecule has 106 valence electrons. The second kappa shape index (κ2) is 6.29. The third-order valence-electron chi connectivity index (χ3n) is 3.55. The van der Waals surface area contributed by atoms with E-state index in [4.69, 9.17) is 0 Å². The summed E-state index contributed by atoms with van der Waals surface area (Å²) < 4.78 is 0.123. The second-order valence-electron chi connectivity index (χ2n) is 6.20. The summed E-state index contributed by atoms with van der Waals surface area (Å²) in [4.78, 5) is 14.5. The molecule has 0 aromatic rings. The number of hydrogen-bond acceptors (Lipinski definition) is 3. The van der Waals surface area contributed by atoms with Gasteiger partial charge in [-0.2, -0.15) is 11.8 Å². The van der Waals surface area contributed by atoms with Gasteiger partial charge in [0.25, 0.3) is 0 Å². The Morgan fingerprint density at radius 3 is 2.50 bits per heavy atom. The fraction of sp³-hybridized carbons (Fsp3) is 0.929. The first-order valence-electron chi connectivity index (χ1n) is 6.92. The van der Waals surface area contributed by atoms with E-state index in [1.54, 1.807) is 0 Å². The Balaban J connectivity index is 2.74.